The fourth-order valence-corrected chi connectivity index (χ4v) is 5.12. The molecule has 21 heavy (non-hydrogen) atoms. The van der Waals surface area contributed by atoms with E-state index in [1.165, 1.54) is 24.1 Å². The molecule has 0 N–H and O–H groups in total. The second-order valence-electron chi connectivity index (χ2n) is 6.55. The quantitative estimate of drug-likeness (QED) is 0.739. The monoisotopic (exact) mass is 341 g/mol. The van der Waals surface area contributed by atoms with E-state index in [-0.39, 0.29) is 0 Å². The molecule has 0 radical (unpaired) electrons. The van der Waals surface area contributed by atoms with Crippen molar-refractivity contribution in [3.05, 3.63) is 65.0 Å². The minimum Gasteiger partial charge on any atom is -0.261 e. The summed E-state index contributed by atoms with van der Waals surface area (Å²) in [6, 6.07) is 13.4. The van der Waals surface area contributed by atoms with E-state index in [1.54, 1.807) is 11.1 Å². The Bertz CT molecular complexity index is 649. The Morgan fingerprint density at radius 2 is 2.10 bits per heavy atom. The van der Waals surface area contributed by atoms with Crippen LogP contribution in [0.4, 0.5) is 0 Å². The largest absolute Gasteiger partial charge is 0.261 e. The normalized spacial score (nSPS) is 27.6. The number of pyridine rings is 1. The van der Waals surface area contributed by atoms with E-state index in [1.807, 2.05) is 6.20 Å². The summed E-state index contributed by atoms with van der Waals surface area (Å²) in [6.07, 6.45) is 5.64. The smallest absolute Gasteiger partial charge is 0.0415 e. The van der Waals surface area contributed by atoms with E-state index in [0.717, 1.165) is 24.2 Å². The zero-order valence-electron chi connectivity index (χ0n) is 12.3. The van der Waals surface area contributed by atoms with Crippen LogP contribution in [-0.2, 0) is 12.8 Å². The predicted octanol–water partition coefficient (Wildman–Crippen LogP) is 4.67. The lowest BCUT2D eigenvalue weighted by molar-refractivity contribution is 0.615. The standard InChI is InChI=1S/C19H20BrN/c1-12-6-8-14(21-11-12)10-17(20)19-16-9-7-13-4-2-3-5-15(13)18(16)19/h2-6,8,11,16-19H,7,9-10H2,1H3. The minimum atomic E-state index is 0.550. The summed E-state index contributed by atoms with van der Waals surface area (Å²) in [7, 11) is 0. The molecule has 1 heterocycles. The third-order valence-electron chi connectivity index (χ3n) is 5.19. The molecular formula is C19H20BrN. The maximum Gasteiger partial charge on any atom is 0.0415 e. The maximum atomic E-state index is 4.56. The van der Waals surface area contributed by atoms with Gasteiger partial charge < -0.3 is 0 Å². The van der Waals surface area contributed by atoms with Gasteiger partial charge in [0.1, 0.15) is 0 Å². The molecule has 2 aliphatic rings. The number of hydrogen-bond donors (Lipinski definition) is 0. The van der Waals surface area contributed by atoms with E-state index in [2.05, 4.69) is 64.2 Å². The van der Waals surface area contributed by atoms with Crippen LogP contribution in [0.15, 0.2) is 42.6 Å². The number of aryl methyl sites for hydroxylation is 2. The van der Waals surface area contributed by atoms with Gasteiger partial charge in [-0.25, -0.2) is 0 Å². The topological polar surface area (TPSA) is 12.9 Å². The van der Waals surface area contributed by atoms with Crippen molar-refractivity contribution in [2.45, 2.75) is 36.9 Å². The molecule has 2 aliphatic carbocycles. The van der Waals surface area contributed by atoms with Gasteiger partial charge in [-0.3, -0.25) is 4.98 Å². The number of hydrogen-bond acceptors (Lipinski definition) is 1. The van der Waals surface area contributed by atoms with Gasteiger partial charge >= 0.3 is 0 Å². The zero-order valence-corrected chi connectivity index (χ0v) is 13.9. The SMILES string of the molecule is Cc1ccc(CC(Br)C2C3CCc4ccccc4C32)nc1. The van der Waals surface area contributed by atoms with E-state index in [0.29, 0.717) is 4.83 Å². The van der Waals surface area contributed by atoms with Gasteiger partial charge in [0.15, 0.2) is 0 Å². The molecule has 1 saturated carbocycles. The highest BCUT2D eigenvalue weighted by Crippen LogP contribution is 2.62. The first kappa shape index (κ1) is 13.5. The summed E-state index contributed by atoms with van der Waals surface area (Å²) in [4.78, 5) is 5.11. The molecule has 1 aromatic heterocycles. The lowest BCUT2D eigenvalue weighted by Gasteiger charge is -2.13. The summed E-state index contributed by atoms with van der Waals surface area (Å²) in [5, 5.41) is 0. The summed E-state index contributed by atoms with van der Waals surface area (Å²) in [6.45, 7) is 2.09. The Labute approximate surface area is 134 Å². The van der Waals surface area contributed by atoms with Crippen molar-refractivity contribution in [1.82, 2.24) is 4.98 Å². The van der Waals surface area contributed by atoms with E-state index < -0.39 is 0 Å². The lowest BCUT2D eigenvalue weighted by Crippen LogP contribution is -2.08. The van der Waals surface area contributed by atoms with Crippen LogP contribution in [0, 0.1) is 18.8 Å². The van der Waals surface area contributed by atoms with Crippen molar-refractivity contribution in [3.63, 3.8) is 0 Å². The first-order chi connectivity index (χ1) is 10.2. The average molecular weight is 342 g/mol. The van der Waals surface area contributed by atoms with Crippen LogP contribution in [0.3, 0.4) is 0 Å². The summed E-state index contributed by atoms with van der Waals surface area (Å²) in [5.74, 6) is 2.45. The average Bonchev–Trinajstić information content (AvgIpc) is 3.25. The van der Waals surface area contributed by atoms with Crippen LogP contribution < -0.4 is 0 Å². The number of benzene rings is 1. The number of rotatable bonds is 3. The van der Waals surface area contributed by atoms with Gasteiger partial charge in [-0.1, -0.05) is 46.3 Å². The molecule has 4 rings (SSSR count). The van der Waals surface area contributed by atoms with Crippen molar-refractivity contribution in [3.8, 4) is 0 Å². The molecule has 2 aromatic rings. The molecule has 1 aromatic carbocycles. The Balaban J connectivity index is 1.50. The van der Waals surface area contributed by atoms with Gasteiger partial charge in [0, 0.05) is 23.1 Å². The Morgan fingerprint density at radius 1 is 1.24 bits per heavy atom. The number of alkyl halides is 1. The van der Waals surface area contributed by atoms with Gasteiger partial charge in [-0.15, -0.1) is 0 Å². The molecule has 0 saturated heterocycles. The first-order valence-electron chi connectivity index (χ1n) is 7.87. The number of halogens is 1. The minimum absolute atomic E-state index is 0.550. The molecule has 0 spiro atoms. The molecule has 0 bridgehead atoms. The van der Waals surface area contributed by atoms with Gasteiger partial charge in [0.05, 0.1) is 0 Å². The highest BCUT2D eigenvalue weighted by atomic mass is 79.9. The van der Waals surface area contributed by atoms with E-state index in [9.17, 15) is 0 Å². The van der Waals surface area contributed by atoms with Crippen molar-refractivity contribution in [2.24, 2.45) is 11.8 Å². The molecule has 0 amide bonds. The summed E-state index contributed by atoms with van der Waals surface area (Å²) < 4.78 is 0. The number of aromatic nitrogens is 1. The van der Waals surface area contributed by atoms with Crippen LogP contribution in [0.2, 0.25) is 0 Å². The molecule has 0 aliphatic heterocycles. The lowest BCUT2D eigenvalue weighted by atomic mass is 9.92. The Morgan fingerprint density at radius 3 is 2.90 bits per heavy atom. The van der Waals surface area contributed by atoms with Crippen LogP contribution in [0.1, 0.15) is 34.7 Å². The Hall–Kier alpha value is -1.15. The molecule has 4 atom stereocenters. The summed E-state index contributed by atoms with van der Waals surface area (Å²) >= 11 is 3.96. The van der Waals surface area contributed by atoms with Crippen LogP contribution >= 0.6 is 15.9 Å². The van der Waals surface area contributed by atoms with Crippen LogP contribution in [0.25, 0.3) is 0 Å². The fourth-order valence-electron chi connectivity index (χ4n) is 4.07. The third-order valence-corrected chi connectivity index (χ3v) is 6.12. The van der Waals surface area contributed by atoms with Crippen LogP contribution in [0.5, 0.6) is 0 Å². The second-order valence-corrected chi connectivity index (χ2v) is 7.73. The first-order valence-corrected chi connectivity index (χ1v) is 8.79. The van der Waals surface area contributed by atoms with Crippen molar-refractivity contribution >= 4 is 15.9 Å². The van der Waals surface area contributed by atoms with Gasteiger partial charge in [-0.2, -0.15) is 0 Å². The van der Waals surface area contributed by atoms with Gasteiger partial charge in [0.2, 0.25) is 0 Å². The molecule has 4 unspecified atom stereocenters. The second kappa shape index (κ2) is 5.24. The van der Waals surface area contributed by atoms with Crippen molar-refractivity contribution in [1.29, 1.82) is 0 Å². The fraction of sp³-hybridized carbons (Fsp3) is 0.421. The van der Waals surface area contributed by atoms with E-state index >= 15 is 0 Å². The molecule has 1 nitrogen and oxygen atoms in total. The molecule has 108 valence electrons. The highest BCUT2D eigenvalue weighted by Gasteiger charge is 2.55. The highest BCUT2D eigenvalue weighted by molar-refractivity contribution is 9.09. The number of fused-ring (bicyclic) bond motifs is 3. The third kappa shape index (κ3) is 2.44. The maximum absolute atomic E-state index is 4.56. The number of nitrogens with zero attached hydrogens (tertiary/aromatic N) is 1. The van der Waals surface area contributed by atoms with Crippen molar-refractivity contribution in [2.75, 3.05) is 0 Å². The molecule has 1 fully saturated rings. The molecular weight excluding hydrogens is 322 g/mol. The van der Waals surface area contributed by atoms with Crippen molar-refractivity contribution < 1.29 is 0 Å². The van der Waals surface area contributed by atoms with Crippen LogP contribution in [-0.4, -0.2) is 9.81 Å². The Kier molecular flexibility index (Phi) is 3.37. The molecule has 2 heteroatoms. The predicted molar refractivity (Wildman–Crippen MR) is 89.9 cm³/mol. The summed E-state index contributed by atoms with van der Waals surface area (Å²) in [5.41, 5.74) is 5.63. The zero-order chi connectivity index (χ0) is 14.4. The van der Waals surface area contributed by atoms with E-state index in [4.69, 9.17) is 0 Å². The van der Waals surface area contributed by atoms with Gasteiger partial charge in [0.25, 0.3) is 0 Å². The van der Waals surface area contributed by atoms with Gasteiger partial charge in [-0.05, 0) is 60.3 Å².